The van der Waals surface area contributed by atoms with E-state index >= 15 is 0 Å². The third-order valence-corrected chi connectivity index (χ3v) is 4.14. The first kappa shape index (κ1) is 17.6. The number of amides is 2. The Bertz CT molecular complexity index is 502. The summed E-state index contributed by atoms with van der Waals surface area (Å²) in [5.74, 6) is 0.824. The molecule has 1 unspecified atom stereocenters. The van der Waals surface area contributed by atoms with Gasteiger partial charge in [0.15, 0.2) is 0 Å². The van der Waals surface area contributed by atoms with Gasteiger partial charge >= 0.3 is 6.03 Å². The summed E-state index contributed by atoms with van der Waals surface area (Å²) in [4.78, 5) is 13.7. The van der Waals surface area contributed by atoms with E-state index in [2.05, 4.69) is 38.2 Å². The van der Waals surface area contributed by atoms with Crippen molar-refractivity contribution in [2.45, 2.75) is 38.6 Å². The van der Waals surface area contributed by atoms with E-state index in [1.807, 2.05) is 12.1 Å². The maximum Gasteiger partial charge on any atom is 0.317 e. The van der Waals surface area contributed by atoms with E-state index in [0.717, 1.165) is 18.8 Å². The van der Waals surface area contributed by atoms with Crippen LogP contribution < -0.4 is 10.1 Å². The number of benzene rings is 1. The molecule has 5 heteroatoms. The number of hydrogen-bond acceptors (Lipinski definition) is 3. The summed E-state index contributed by atoms with van der Waals surface area (Å²) in [6, 6.07) is 8.23. The van der Waals surface area contributed by atoms with Gasteiger partial charge in [-0.05, 0) is 29.5 Å². The molecule has 2 rings (SSSR count). The van der Waals surface area contributed by atoms with Crippen molar-refractivity contribution in [3.63, 3.8) is 0 Å². The van der Waals surface area contributed by atoms with E-state index in [9.17, 15) is 4.79 Å². The minimum Gasteiger partial charge on any atom is -0.492 e. The molecule has 1 saturated heterocycles. The molecule has 1 aliphatic heterocycles. The van der Waals surface area contributed by atoms with Crippen LogP contribution in [0.3, 0.4) is 0 Å². The van der Waals surface area contributed by atoms with E-state index in [1.165, 1.54) is 5.56 Å². The Morgan fingerprint density at radius 2 is 2.04 bits per heavy atom. The molecule has 128 valence electrons. The summed E-state index contributed by atoms with van der Waals surface area (Å²) in [5, 5.41) is 2.87. The highest BCUT2D eigenvalue weighted by molar-refractivity contribution is 5.74. The molecular formula is C18H28N2O3. The van der Waals surface area contributed by atoms with Crippen LogP contribution in [0.15, 0.2) is 24.3 Å². The van der Waals surface area contributed by atoms with E-state index in [-0.39, 0.29) is 17.5 Å². The van der Waals surface area contributed by atoms with Crippen molar-refractivity contribution < 1.29 is 14.3 Å². The second-order valence-corrected chi connectivity index (χ2v) is 6.98. The fraction of sp³-hybridized carbons (Fsp3) is 0.611. The number of rotatable bonds is 5. The van der Waals surface area contributed by atoms with Crippen LogP contribution in [-0.2, 0) is 10.2 Å². The maximum atomic E-state index is 12.0. The fourth-order valence-electron chi connectivity index (χ4n) is 2.50. The molecule has 1 aromatic rings. The summed E-state index contributed by atoms with van der Waals surface area (Å²) in [5.41, 5.74) is 1.42. The van der Waals surface area contributed by atoms with Crippen LogP contribution >= 0.6 is 0 Å². The van der Waals surface area contributed by atoms with Crippen LogP contribution in [0.4, 0.5) is 4.79 Å². The van der Waals surface area contributed by atoms with Gasteiger partial charge in [0.05, 0.1) is 19.2 Å². The minimum absolute atomic E-state index is 0.0767. The average Bonchev–Trinajstić information content (AvgIpc) is 3.04. The molecule has 0 spiro atoms. The van der Waals surface area contributed by atoms with Gasteiger partial charge < -0.3 is 19.7 Å². The molecule has 1 aromatic carbocycles. The number of urea groups is 1. The summed E-state index contributed by atoms with van der Waals surface area (Å²) in [6.45, 7) is 8.85. The first-order valence-corrected chi connectivity index (χ1v) is 8.19. The van der Waals surface area contributed by atoms with E-state index in [0.29, 0.717) is 19.8 Å². The normalized spacial score (nSPS) is 17.8. The predicted octanol–water partition coefficient (Wildman–Crippen LogP) is 2.79. The Hall–Kier alpha value is -1.75. The lowest BCUT2D eigenvalue weighted by Gasteiger charge is -2.23. The zero-order valence-electron chi connectivity index (χ0n) is 14.6. The Labute approximate surface area is 139 Å². The Kier molecular flexibility index (Phi) is 5.88. The molecular weight excluding hydrogens is 292 g/mol. The van der Waals surface area contributed by atoms with E-state index in [4.69, 9.17) is 9.47 Å². The number of nitrogens with zero attached hydrogens (tertiary/aromatic N) is 1. The molecule has 0 aliphatic carbocycles. The van der Waals surface area contributed by atoms with Crippen LogP contribution in [-0.4, -0.2) is 50.4 Å². The number of carbonyl (C=O) groups is 1. The molecule has 1 N–H and O–H groups in total. The lowest BCUT2D eigenvalue weighted by atomic mass is 9.87. The van der Waals surface area contributed by atoms with Crippen LogP contribution in [0.1, 0.15) is 32.8 Å². The predicted molar refractivity (Wildman–Crippen MR) is 91.0 cm³/mol. The summed E-state index contributed by atoms with van der Waals surface area (Å²) >= 11 is 0. The number of ether oxygens (including phenoxy) is 2. The minimum atomic E-state index is -0.0767. The molecule has 0 aromatic heterocycles. The topological polar surface area (TPSA) is 50.8 Å². The van der Waals surface area contributed by atoms with Crippen LogP contribution in [0, 0.1) is 0 Å². The van der Waals surface area contributed by atoms with Crippen LogP contribution in [0.5, 0.6) is 5.75 Å². The van der Waals surface area contributed by atoms with Gasteiger partial charge in [-0.2, -0.15) is 0 Å². The standard InChI is InChI=1S/C18H28N2O3/c1-18(2,3)14-5-7-16(8-6-14)23-12-10-19-17(21)20(4)15-9-11-22-13-15/h5-8,15H,9-13H2,1-4H3,(H,19,21). The molecule has 1 atom stereocenters. The average molecular weight is 320 g/mol. The van der Waals surface area contributed by atoms with Crippen molar-refractivity contribution in [1.29, 1.82) is 0 Å². The van der Waals surface area contributed by atoms with Gasteiger partial charge in [-0.1, -0.05) is 32.9 Å². The lowest BCUT2D eigenvalue weighted by molar-refractivity contribution is 0.157. The Morgan fingerprint density at radius 1 is 1.35 bits per heavy atom. The summed E-state index contributed by atoms with van der Waals surface area (Å²) < 4.78 is 11.0. The second kappa shape index (κ2) is 7.68. The van der Waals surface area contributed by atoms with Crippen molar-refractivity contribution >= 4 is 6.03 Å². The molecule has 0 saturated carbocycles. The summed E-state index contributed by atoms with van der Waals surface area (Å²) in [6.07, 6.45) is 0.903. The van der Waals surface area contributed by atoms with Gasteiger partial charge in [-0.15, -0.1) is 0 Å². The first-order chi connectivity index (χ1) is 10.9. The van der Waals surface area contributed by atoms with Crippen molar-refractivity contribution in [3.8, 4) is 5.75 Å². The van der Waals surface area contributed by atoms with Crippen molar-refractivity contribution in [1.82, 2.24) is 10.2 Å². The Morgan fingerprint density at radius 3 is 2.61 bits per heavy atom. The van der Waals surface area contributed by atoms with Gasteiger partial charge in [-0.3, -0.25) is 0 Å². The lowest BCUT2D eigenvalue weighted by Crippen LogP contribution is -2.44. The van der Waals surface area contributed by atoms with Gasteiger partial charge in [0.2, 0.25) is 0 Å². The van der Waals surface area contributed by atoms with E-state index in [1.54, 1.807) is 11.9 Å². The molecule has 2 amide bonds. The number of hydrogen-bond donors (Lipinski definition) is 1. The smallest absolute Gasteiger partial charge is 0.317 e. The Balaban J connectivity index is 1.69. The summed E-state index contributed by atoms with van der Waals surface area (Å²) in [7, 11) is 1.81. The quantitative estimate of drug-likeness (QED) is 0.849. The van der Waals surface area contributed by atoms with Crippen molar-refractivity contribution in [2.24, 2.45) is 0 Å². The maximum absolute atomic E-state index is 12.0. The molecule has 1 fully saturated rings. The van der Waals surface area contributed by atoms with Gasteiger partial charge in [0, 0.05) is 13.7 Å². The largest absolute Gasteiger partial charge is 0.492 e. The zero-order chi connectivity index (χ0) is 16.9. The number of nitrogens with one attached hydrogen (secondary N) is 1. The second-order valence-electron chi connectivity index (χ2n) is 6.98. The third kappa shape index (κ3) is 5.13. The van der Waals surface area contributed by atoms with Crippen LogP contribution in [0.25, 0.3) is 0 Å². The highest BCUT2D eigenvalue weighted by Gasteiger charge is 2.23. The van der Waals surface area contributed by atoms with Crippen LogP contribution in [0.2, 0.25) is 0 Å². The molecule has 23 heavy (non-hydrogen) atoms. The van der Waals surface area contributed by atoms with Gasteiger partial charge in [0.25, 0.3) is 0 Å². The highest BCUT2D eigenvalue weighted by atomic mass is 16.5. The SMILES string of the molecule is CN(C(=O)NCCOc1ccc(C(C)(C)C)cc1)C1CCOC1. The number of carbonyl (C=O) groups excluding carboxylic acids is 1. The molecule has 0 bridgehead atoms. The molecule has 1 heterocycles. The molecule has 5 nitrogen and oxygen atoms in total. The van der Waals surface area contributed by atoms with E-state index < -0.39 is 0 Å². The van der Waals surface area contributed by atoms with Gasteiger partial charge in [0.1, 0.15) is 12.4 Å². The number of likely N-dealkylation sites (N-methyl/N-ethyl adjacent to an activating group) is 1. The van der Waals surface area contributed by atoms with Crippen molar-refractivity contribution in [3.05, 3.63) is 29.8 Å². The third-order valence-electron chi connectivity index (χ3n) is 4.14. The molecule has 1 aliphatic rings. The van der Waals surface area contributed by atoms with Gasteiger partial charge in [-0.25, -0.2) is 4.79 Å². The fourth-order valence-corrected chi connectivity index (χ4v) is 2.50. The zero-order valence-corrected chi connectivity index (χ0v) is 14.6. The first-order valence-electron chi connectivity index (χ1n) is 8.19. The highest BCUT2D eigenvalue weighted by Crippen LogP contribution is 2.24. The monoisotopic (exact) mass is 320 g/mol. The van der Waals surface area contributed by atoms with Crippen molar-refractivity contribution in [2.75, 3.05) is 33.4 Å². The molecule has 0 radical (unpaired) electrons.